The van der Waals surface area contributed by atoms with Gasteiger partial charge in [-0.15, -0.1) is 13.2 Å². The lowest BCUT2D eigenvalue weighted by Gasteiger charge is -2.19. The third-order valence-electron chi connectivity index (χ3n) is 2.96. The molecule has 1 aromatic heterocycles. The molecule has 0 fully saturated rings. The first-order valence-electron chi connectivity index (χ1n) is 6.38. The van der Waals surface area contributed by atoms with E-state index in [0.29, 0.717) is 19.0 Å². The van der Waals surface area contributed by atoms with Crippen molar-refractivity contribution in [3.05, 3.63) is 28.6 Å². The molecule has 0 aliphatic carbocycles. The van der Waals surface area contributed by atoms with Crippen LogP contribution in [-0.4, -0.2) is 29.4 Å². The van der Waals surface area contributed by atoms with Crippen LogP contribution in [0.25, 0.3) is 10.9 Å². The maximum Gasteiger partial charge on any atom is 0.573 e. The van der Waals surface area contributed by atoms with Crippen LogP contribution in [0.5, 0.6) is 5.75 Å². The minimum atomic E-state index is -4.78. The fourth-order valence-corrected chi connectivity index (χ4v) is 1.98. The van der Waals surface area contributed by atoms with Gasteiger partial charge in [-0.1, -0.05) is 0 Å². The van der Waals surface area contributed by atoms with Crippen LogP contribution >= 0.6 is 0 Å². The van der Waals surface area contributed by atoms with Crippen molar-refractivity contribution < 1.29 is 17.9 Å². The number of aromatic nitrogens is 2. The number of fused-ring (bicyclic) bond motifs is 1. The number of aromatic amines is 1. The summed E-state index contributed by atoms with van der Waals surface area (Å²) in [6, 6.07) is 3.45. The molecule has 0 atom stereocenters. The zero-order chi connectivity index (χ0) is 15.6. The molecule has 0 unspecified atom stereocenters. The second-order valence-corrected chi connectivity index (χ2v) is 4.29. The normalized spacial score (nSPS) is 11.7. The molecular weight excluding hydrogens is 287 g/mol. The molecule has 21 heavy (non-hydrogen) atoms. The van der Waals surface area contributed by atoms with Gasteiger partial charge in [0.2, 0.25) is 5.95 Å². The molecule has 8 heteroatoms. The number of alkyl halides is 3. The lowest BCUT2D eigenvalue weighted by atomic mass is 10.2. The molecule has 0 spiro atoms. The van der Waals surface area contributed by atoms with Crippen LogP contribution < -0.4 is 15.2 Å². The average molecular weight is 301 g/mol. The van der Waals surface area contributed by atoms with Crippen molar-refractivity contribution in [3.8, 4) is 5.75 Å². The summed E-state index contributed by atoms with van der Waals surface area (Å²) in [5, 5.41) is 0.209. The Bertz CT molecular complexity index is 693. The number of nitrogens with zero attached hydrogens (tertiary/aromatic N) is 2. The summed E-state index contributed by atoms with van der Waals surface area (Å²) in [5.41, 5.74) is -0.247. The number of anilines is 1. The Kier molecular flexibility index (Phi) is 4.06. The smallest absolute Gasteiger partial charge is 0.406 e. The number of nitrogens with one attached hydrogen (secondary N) is 1. The van der Waals surface area contributed by atoms with Crippen LogP contribution in [0.4, 0.5) is 19.1 Å². The van der Waals surface area contributed by atoms with Crippen LogP contribution in [0.3, 0.4) is 0 Å². The van der Waals surface area contributed by atoms with Gasteiger partial charge in [-0.2, -0.15) is 0 Å². The Balaban J connectivity index is 2.52. The monoisotopic (exact) mass is 301 g/mol. The van der Waals surface area contributed by atoms with E-state index in [2.05, 4.69) is 14.7 Å². The molecular formula is C13H14F3N3O2. The molecule has 2 rings (SSSR count). The first kappa shape index (κ1) is 15.1. The third-order valence-corrected chi connectivity index (χ3v) is 2.96. The quantitative estimate of drug-likeness (QED) is 0.943. The van der Waals surface area contributed by atoms with Gasteiger partial charge in [0, 0.05) is 19.2 Å². The standard InChI is InChI=1S/C13H14F3N3O2/c1-3-19(4-2)12-17-10-7-8(21-13(14,15)16)5-6-9(10)11(20)18-12/h5-7H,3-4H2,1-2H3,(H,17,18,20). The predicted molar refractivity (Wildman–Crippen MR) is 72.6 cm³/mol. The van der Waals surface area contributed by atoms with E-state index >= 15 is 0 Å². The van der Waals surface area contributed by atoms with Crippen molar-refractivity contribution in [1.82, 2.24) is 9.97 Å². The summed E-state index contributed by atoms with van der Waals surface area (Å²) in [7, 11) is 0. The molecule has 0 amide bonds. The highest BCUT2D eigenvalue weighted by atomic mass is 19.4. The van der Waals surface area contributed by atoms with Gasteiger partial charge in [0.25, 0.3) is 5.56 Å². The lowest BCUT2D eigenvalue weighted by molar-refractivity contribution is -0.274. The molecule has 1 aromatic carbocycles. The Morgan fingerprint density at radius 2 is 1.95 bits per heavy atom. The topological polar surface area (TPSA) is 58.2 Å². The molecule has 0 aliphatic heterocycles. The van der Waals surface area contributed by atoms with E-state index < -0.39 is 17.7 Å². The van der Waals surface area contributed by atoms with Gasteiger partial charge in [-0.3, -0.25) is 9.78 Å². The second-order valence-electron chi connectivity index (χ2n) is 4.29. The number of hydrogen-bond donors (Lipinski definition) is 1. The van der Waals surface area contributed by atoms with Crippen molar-refractivity contribution in [2.75, 3.05) is 18.0 Å². The van der Waals surface area contributed by atoms with E-state index in [1.54, 1.807) is 4.90 Å². The molecule has 1 heterocycles. The molecule has 1 N–H and O–H groups in total. The van der Waals surface area contributed by atoms with Crippen LogP contribution in [0.2, 0.25) is 0 Å². The number of rotatable bonds is 4. The van der Waals surface area contributed by atoms with Crippen LogP contribution in [0.15, 0.2) is 23.0 Å². The van der Waals surface area contributed by atoms with E-state index in [4.69, 9.17) is 0 Å². The highest BCUT2D eigenvalue weighted by Gasteiger charge is 2.31. The van der Waals surface area contributed by atoms with Crippen LogP contribution in [0.1, 0.15) is 13.8 Å². The first-order valence-corrected chi connectivity index (χ1v) is 6.38. The largest absolute Gasteiger partial charge is 0.573 e. The van der Waals surface area contributed by atoms with Gasteiger partial charge in [-0.25, -0.2) is 4.98 Å². The minimum Gasteiger partial charge on any atom is -0.406 e. The van der Waals surface area contributed by atoms with Gasteiger partial charge in [-0.05, 0) is 26.0 Å². The number of halogens is 3. The van der Waals surface area contributed by atoms with E-state index in [1.165, 1.54) is 6.07 Å². The van der Waals surface area contributed by atoms with E-state index in [9.17, 15) is 18.0 Å². The average Bonchev–Trinajstić information content (AvgIpc) is 2.37. The van der Waals surface area contributed by atoms with Crippen molar-refractivity contribution in [1.29, 1.82) is 0 Å². The summed E-state index contributed by atoms with van der Waals surface area (Å²) in [6.45, 7) is 5.00. The number of hydrogen-bond acceptors (Lipinski definition) is 4. The maximum atomic E-state index is 12.2. The van der Waals surface area contributed by atoms with E-state index in [-0.39, 0.29) is 10.9 Å². The van der Waals surface area contributed by atoms with Gasteiger partial charge < -0.3 is 9.64 Å². The van der Waals surface area contributed by atoms with Crippen LogP contribution in [-0.2, 0) is 0 Å². The van der Waals surface area contributed by atoms with Crippen molar-refractivity contribution in [2.24, 2.45) is 0 Å². The van der Waals surface area contributed by atoms with Gasteiger partial charge in [0.15, 0.2) is 0 Å². The summed E-state index contributed by atoms with van der Waals surface area (Å²) in [4.78, 5) is 20.5. The predicted octanol–water partition coefficient (Wildman–Crippen LogP) is 2.67. The summed E-state index contributed by atoms with van der Waals surface area (Å²) < 4.78 is 40.5. The fourth-order valence-electron chi connectivity index (χ4n) is 1.98. The zero-order valence-electron chi connectivity index (χ0n) is 11.5. The van der Waals surface area contributed by atoms with E-state index in [1.807, 2.05) is 13.8 Å². The Morgan fingerprint density at radius 3 is 2.52 bits per heavy atom. The zero-order valence-corrected chi connectivity index (χ0v) is 11.5. The van der Waals surface area contributed by atoms with Crippen molar-refractivity contribution >= 4 is 16.9 Å². The summed E-state index contributed by atoms with van der Waals surface area (Å²) >= 11 is 0. The highest BCUT2D eigenvalue weighted by molar-refractivity contribution is 5.80. The SMILES string of the molecule is CCN(CC)c1nc2cc(OC(F)(F)F)ccc2c(=O)[nH]1. The third kappa shape index (κ3) is 3.45. The Labute approximate surface area is 118 Å². The number of benzene rings is 1. The number of H-pyrrole nitrogens is 1. The summed E-state index contributed by atoms with van der Waals surface area (Å²) in [6.07, 6.45) is -4.78. The first-order chi connectivity index (χ1) is 9.84. The summed E-state index contributed by atoms with van der Waals surface area (Å²) in [5.74, 6) is -0.0831. The molecule has 0 saturated heterocycles. The van der Waals surface area contributed by atoms with Gasteiger partial charge in [0.1, 0.15) is 5.75 Å². The van der Waals surface area contributed by atoms with E-state index in [0.717, 1.165) is 12.1 Å². The molecule has 114 valence electrons. The second kappa shape index (κ2) is 5.63. The lowest BCUT2D eigenvalue weighted by Crippen LogP contribution is -2.26. The Hall–Kier alpha value is -2.25. The molecule has 0 saturated carbocycles. The van der Waals surface area contributed by atoms with Crippen LogP contribution in [0, 0.1) is 0 Å². The van der Waals surface area contributed by atoms with Gasteiger partial charge >= 0.3 is 6.36 Å². The minimum absolute atomic E-state index is 0.155. The Morgan fingerprint density at radius 1 is 1.29 bits per heavy atom. The number of ether oxygens (including phenoxy) is 1. The van der Waals surface area contributed by atoms with Gasteiger partial charge in [0.05, 0.1) is 10.9 Å². The molecule has 0 aliphatic rings. The van der Waals surface area contributed by atoms with Crippen molar-refractivity contribution in [2.45, 2.75) is 20.2 Å². The highest BCUT2D eigenvalue weighted by Crippen LogP contribution is 2.25. The molecule has 2 aromatic rings. The molecule has 0 radical (unpaired) electrons. The maximum absolute atomic E-state index is 12.2. The molecule has 0 bridgehead atoms. The molecule has 5 nitrogen and oxygen atoms in total. The van der Waals surface area contributed by atoms with Crippen molar-refractivity contribution in [3.63, 3.8) is 0 Å². The fraction of sp³-hybridized carbons (Fsp3) is 0.385.